The molecule has 0 fully saturated rings. The maximum Gasteiger partial charge on any atom is 0.358 e. The fourth-order valence-electron chi connectivity index (χ4n) is 0.934. The van der Waals surface area contributed by atoms with E-state index in [1.165, 1.54) is 12.2 Å². The van der Waals surface area contributed by atoms with E-state index in [0.717, 1.165) is 11.3 Å². The fourth-order valence-corrected chi connectivity index (χ4v) is 1.67. The molecule has 1 heterocycles. The van der Waals surface area contributed by atoms with Gasteiger partial charge in [0.1, 0.15) is 6.29 Å². The second kappa shape index (κ2) is 5.26. The van der Waals surface area contributed by atoms with Crippen LogP contribution in [0.15, 0.2) is 6.08 Å². The van der Waals surface area contributed by atoms with Gasteiger partial charge in [-0.2, -0.15) is 0 Å². The van der Waals surface area contributed by atoms with Gasteiger partial charge in [-0.25, -0.2) is 9.78 Å². The zero-order valence-electron chi connectivity index (χ0n) is 8.10. The summed E-state index contributed by atoms with van der Waals surface area (Å²) in [5.41, 5.74) is 5.61. The van der Waals surface area contributed by atoms with Crippen molar-refractivity contribution < 1.29 is 14.3 Å². The van der Waals surface area contributed by atoms with Crippen molar-refractivity contribution in [3.63, 3.8) is 0 Å². The van der Waals surface area contributed by atoms with Crippen molar-refractivity contribution >= 4 is 34.8 Å². The van der Waals surface area contributed by atoms with E-state index < -0.39 is 5.97 Å². The average Bonchev–Trinajstić information content (AvgIpc) is 2.57. The predicted molar refractivity (Wildman–Crippen MR) is 57.6 cm³/mol. The minimum atomic E-state index is -0.531. The van der Waals surface area contributed by atoms with Crippen molar-refractivity contribution in [2.45, 2.75) is 6.92 Å². The number of hydrogen-bond donors (Lipinski definition) is 1. The number of anilines is 1. The molecule has 0 unspecified atom stereocenters. The van der Waals surface area contributed by atoms with Crippen LogP contribution in [0.3, 0.4) is 0 Å². The van der Waals surface area contributed by atoms with Crippen LogP contribution in [0.4, 0.5) is 5.13 Å². The molecule has 0 bridgehead atoms. The van der Waals surface area contributed by atoms with Crippen LogP contribution in [0.5, 0.6) is 0 Å². The minimum Gasteiger partial charge on any atom is -0.461 e. The molecule has 0 aliphatic rings. The highest BCUT2D eigenvalue weighted by Gasteiger charge is 2.16. The van der Waals surface area contributed by atoms with Gasteiger partial charge < -0.3 is 10.5 Å². The second-order valence-corrected chi connectivity index (χ2v) is 3.54. The maximum atomic E-state index is 11.4. The van der Waals surface area contributed by atoms with E-state index in [-0.39, 0.29) is 17.4 Å². The lowest BCUT2D eigenvalue weighted by Gasteiger charge is -1.97. The van der Waals surface area contributed by atoms with Crippen molar-refractivity contribution in [3.8, 4) is 0 Å². The Balaban J connectivity index is 3.00. The molecule has 80 valence electrons. The van der Waals surface area contributed by atoms with Crippen molar-refractivity contribution in [1.29, 1.82) is 0 Å². The third kappa shape index (κ3) is 2.88. The van der Waals surface area contributed by atoms with Crippen LogP contribution in [0.2, 0.25) is 0 Å². The number of carbonyl (C=O) groups excluding carboxylic acids is 2. The first kappa shape index (κ1) is 11.4. The zero-order chi connectivity index (χ0) is 11.3. The van der Waals surface area contributed by atoms with E-state index in [0.29, 0.717) is 11.2 Å². The van der Waals surface area contributed by atoms with E-state index in [2.05, 4.69) is 4.98 Å². The van der Waals surface area contributed by atoms with E-state index in [4.69, 9.17) is 10.5 Å². The molecule has 0 spiro atoms. The van der Waals surface area contributed by atoms with Gasteiger partial charge in [0.25, 0.3) is 0 Å². The fraction of sp³-hybridized carbons (Fsp3) is 0.222. The van der Waals surface area contributed by atoms with Gasteiger partial charge >= 0.3 is 5.97 Å². The molecule has 1 aromatic rings. The van der Waals surface area contributed by atoms with Crippen LogP contribution >= 0.6 is 11.3 Å². The molecule has 0 aliphatic heterocycles. The average molecular weight is 226 g/mol. The lowest BCUT2D eigenvalue weighted by Crippen LogP contribution is -2.06. The number of rotatable bonds is 4. The zero-order valence-corrected chi connectivity index (χ0v) is 8.91. The molecular weight excluding hydrogens is 216 g/mol. The van der Waals surface area contributed by atoms with Crippen LogP contribution < -0.4 is 5.73 Å². The maximum absolute atomic E-state index is 11.4. The molecule has 0 aliphatic carbocycles. The highest BCUT2D eigenvalue weighted by Crippen LogP contribution is 2.22. The summed E-state index contributed by atoms with van der Waals surface area (Å²) in [6.07, 6.45) is 3.37. The Labute approximate surface area is 90.6 Å². The summed E-state index contributed by atoms with van der Waals surface area (Å²) in [4.78, 5) is 25.9. The number of nitrogen functional groups attached to an aromatic ring is 1. The molecule has 0 atom stereocenters. The van der Waals surface area contributed by atoms with Gasteiger partial charge in [-0.05, 0) is 19.1 Å². The molecule has 5 nitrogen and oxygen atoms in total. The number of esters is 1. The Morgan fingerprint density at radius 2 is 2.40 bits per heavy atom. The number of hydrogen-bond acceptors (Lipinski definition) is 6. The topological polar surface area (TPSA) is 82.3 Å². The van der Waals surface area contributed by atoms with Crippen molar-refractivity contribution in [2.24, 2.45) is 0 Å². The van der Waals surface area contributed by atoms with Gasteiger partial charge in [0.2, 0.25) is 0 Å². The van der Waals surface area contributed by atoms with Crippen LogP contribution in [0, 0.1) is 0 Å². The van der Waals surface area contributed by atoms with Gasteiger partial charge in [0.15, 0.2) is 10.8 Å². The van der Waals surface area contributed by atoms with Crippen molar-refractivity contribution in [2.75, 3.05) is 12.3 Å². The van der Waals surface area contributed by atoms with Crippen molar-refractivity contribution in [3.05, 3.63) is 16.6 Å². The van der Waals surface area contributed by atoms with E-state index in [1.807, 2.05) is 0 Å². The highest BCUT2D eigenvalue weighted by atomic mass is 32.1. The summed E-state index contributed by atoms with van der Waals surface area (Å²) >= 11 is 1.13. The van der Waals surface area contributed by atoms with Crippen LogP contribution in [-0.4, -0.2) is 23.8 Å². The van der Waals surface area contributed by atoms with E-state index in [1.54, 1.807) is 6.92 Å². The van der Waals surface area contributed by atoms with Gasteiger partial charge in [-0.3, -0.25) is 4.79 Å². The molecule has 6 heteroatoms. The van der Waals surface area contributed by atoms with Crippen LogP contribution in [-0.2, 0) is 9.53 Å². The molecule has 15 heavy (non-hydrogen) atoms. The number of aldehydes is 1. The number of thiazole rings is 1. The highest BCUT2D eigenvalue weighted by molar-refractivity contribution is 7.16. The number of allylic oxidation sites excluding steroid dienone is 1. The number of ether oxygens (including phenoxy) is 1. The first-order chi connectivity index (χ1) is 7.19. The molecule has 0 saturated heterocycles. The number of nitrogens with two attached hydrogens (primary N) is 1. The van der Waals surface area contributed by atoms with Gasteiger partial charge in [0.05, 0.1) is 11.5 Å². The molecule has 2 N–H and O–H groups in total. The largest absolute Gasteiger partial charge is 0.461 e. The summed E-state index contributed by atoms with van der Waals surface area (Å²) in [5, 5.41) is 0.267. The summed E-state index contributed by atoms with van der Waals surface area (Å²) in [7, 11) is 0. The molecule has 0 amide bonds. The predicted octanol–water partition coefficient (Wildman–Crippen LogP) is 1.11. The van der Waals surface area contributed by atoms with Gasteiger partial charge in [-0.15, -0.1) is 0 Å². The Morgan fingerprint density at radius 1 is 1.67 bits per heavy atom. The Hall–Kier alpha value is -1.69. The minimum absolute atomic E-state index is 0.150. The quantitative estimate of drug-likeness (QED) is 0.472. The van der Waals surface area contributed by atoms with Crippen LogP contribution in [0.25, 0.3) is 6.08 Å². The Morgan fingerprint density at radius 3 is 3.00 bits per heavy atom. The van der Waals surface area contributed by atoms with Gasteiger partial charge in [0, 0.05) is 0 Å². The summed E-state index contributed by atoms with van der Waals surface area (Å²) in [6, 6.07) is 0. The van der Waals surface area contributed by atoms with Gasteiger partial charge in [-0.1, -0.05) is 11.3 Å². The third-order valence-corrected chi connectivity index (χ3v) is 2.31. The van der Waals surface area contributed by atoms with Crippen molar-refractivity contribution in [1.82, 2.24) is 4.98 Å². The summed E-state index contributed by atoms with van der Waals surface area (Å²) < 4.78 is 4.79. The lowest BCUT2D eigenvalue weighted by molar-refractivity contribution is -0.104. The first-order valence-corrected chi connectivity index (χ1v) is 5.06. The second-order valence-electron chi connectivity index (χ2n) is 2.48. The SMILES string of the molecule is CCOC(=O)c1nc(N)sc1C=CC=O. The molecule has 0 saturated carbocycles. The Bertz CT molecular complexity index is 398. The molecule has 1 aromatic heterocycles. The van der Waals surface area contributed by atoms with E-state index >= 15 is 0 Å². The standard InChI is InChI=1S/C9H10N2O3S/c1-2-14-8(13)7-6(4-3-5-12)15-9(10)11-7/h3-5H,2H2,1H3,(H2,10,11). The third-order valence-electron chi connectivity index (χ3n) is 1.46. The molecule has 0 radical (unpaired) electrons. The number of carbonyl (C=O) groups is 2. The Kier molecular flexibility index (Phi) is 3.99. The monoisotopic (exact) mass is 226 g/mol. The van der Waals surface area contributed by atoms with Crippen LogP contribution in [0.1, 0.15) is 22.3 Å². The summed E-state index contributed by atoms with van der Waals surface area (Å²) in [6.45, 7) is 1.97. The molecule has 0 aromatic carbocycles. The normalized spacial score (nSPS) is 10.5. The molecule has 1 rings (SSSR count). The first-order valence-electron chi connectivity index (χ1n) is 4.24. The smallest absolute Gasteiger partial charge is 0.358 e. The summed E-state index contributed by atoms with van der Waals surface area (Å²) in [5.74, 6) is -0.531. The molecular formula is C9H10N2O3S. The lowest BCUT2D eigenvalue weighted by atomic mass is 10.3. The number of aromatic nitrogens is 1. The van der Waals surface area contributed by atoms with E-state index in [9.17, 15) is 9.59 Å². The number of nitrogens with zero attached hydrogens (tertiary/aromatic N) is 1.